The molecular formula is C14H22N2O3. The Labute approximate surface area is 113 Å². The molecule has 1 aliphatic heterocycles. The fourth-order valence-electron chi connectivity index (χ4n) is 2.20. The number of piperidine rings is 1. The average Bonchev–Trinajstić information content (AvgIpc) is 2.94. The zero-order valence-corrected chi connectivity index (χ0v) is 11.4. The molecule has 1 saturated heterocycles. The van der Waals surface area contributed by atoms with Crippen molar-refractivity contribution in [3.63, 3.8) is 0 Å². The van der Waals surface area contributed by atoms with E-state index in [9.17, 15) is 4.79 Å². The third kappa shape index (κ3) is 4.69. The minimum absolute atomic E-state index is 0.00201. The molecule has 2 heterocycles. The van der Waals surface area contributed by atoms with Crippen LogP contribution in [0, 0.1) is 0 Å². The molecule has 0 radical (unpaired) electrons. The molecule has 1 aromatic heterocycles. The molecule has 1 aliphatic rings. The van der Waals surface area contributed by atoms with Gasteiger partial charge in [0, 0.05) is 6.42 Å². The van der Waals surface area contributed by atoms with Gasteiger partial charge in [-0.25, -0.2) is 0 Å². The predicted octanol–water partition coefficient (Wildman–Crippen LogP) is 1.62. The number of carbonyl (C=O) groups excluding carboxylic acids is 1. The van der Waals surface area contributed by atoms with Crippen LogP contribution in [0.4, 0.5) is 0 Å². The summed E-state index contributed by atoms with van der Waals surface area (Å²) in [5, 5.41) is 6.18. The second-order valence-corrected chi connectivity index (χ2v) is 4.87. The Morgan fingerprint density at radius 2 is 2.37 bits per heavy atom. The average molecular weight is 266 g/mol. The lowest BCUT2D eigenvalue weighted by molar-refractivity contribution is -0.123. The first-order valence-electron chi connectivity index (χ1n) is 6.91. The minimum Gasteiger partial charge on any atom is -0.467 e. The van der Waals surface area contributed by atoms with Gasteiger partial charge in [0.05, 0.1) is 25.0 Å². The molecule has 0 saturated carbocycles. The van der Waals surface area contributed by atoms with E-state index in [4.69, 9.17) is 9.15 Å². The van der Waals surface area contributed by atoms with Gasteiger partial charge in [-0.05, 0) is 45.0 Å². The van der Waals surface area contributed by atoms with Crippen LogP contribution < -0.4 is 10.6 Å². The number of rotatable bonds is 6. The Kier molecular flexibility index (Phi) is 5.42. The SMILES string of the molecule is C[C@H](NC(=O)CCOC1CCNCC1)c1ccco1. The lowest BCUT2D eigenvalue weighted by atomic mass is 10.1. The van der Waals surface area contributed by atoms with Gasteiger partial charge >= 0.3 is 0 Å². The monoisotopic (exact) mass is 266 g/mol. The summed E-state index contributed by atoms with van der Waals surface area (Å²) in [6.45, 7) is 4.41. The van der Waals surface area contributed by atoms with Crippen molar-refractivity contribution in [2.24, 2.45) is 0 Å². The number of ether oxygens (including phenoxy) is 1. The second-order valence-electron chi connectivity index (χ2n) is 4.87. The minimum atomic E-state index is -0.0959. The lowest BCUT2D eigenvalue weighted by Crippen LogP contribution is -2.33. The van der Waals surface area contributed by atoms with Crippen LogP contribution >= 0.6 is 0 Å². The fourth-order valence-corrected chi connectivity index (χ4v) is 2.20. The van der Waals surface area contributed by atoms with Crippen LogP contribution in [-0.2, 0) is 9.53 Å². The Hall–Kier alpha value is -1.33. The van der Waals surface area contributed by atoms with Crippen molar-refractivity contribution in [3.8, 4) is 0 Å². The Morgan fingerprint density at radius 1 is 1.58 bits per heavy atom. The molecule has 1 amide bonds. The van der Waals surface area contributed by atoms with Gasteiger partial charge < -0.3 is 19.8 Å². The molecule has 0 unspecified atom stereocenters. The number of furan rings is 1. The van der Waals surface area contributed by atoms with E-state index in [2.05, 4.69) is 10.6 Å². The molecule has 0 aliphatic carbocycles. The van der Waals surface area contributed by atoms with Gasteiger partial charge in [0.15, 0.2) is 0 Å². The van der Waals surface area contributed by atoms with E-state index in [1.807, 2.05) is 19.1 Å². The first-order valence-corrected chi connectivity index (χ1v) is 6.91. The van der Waals surface area contributed by atoms with E-state index < -0.39 is 0 Å². The lowest BCUT2D eigenvalue weighted by Gasteiger charge is -2.22. The fraction of sp³-hybridized carbons (Fsp3) is 0.643. The molecule has 106 valence electrons. The van der Waals surface area contributed by atoms with E-state index in [1.165, 1.54) is 0 Å². The summed E-state index contributed by atoms with van der Waals surface area (Å²) < 4.78 is 10.9. The topological polar surface area (TPSA) is 63.5 Å². The third-order valence-electron chi connectivity index (χ3n) is 3.32. The largest absolute Gasteiger partial charge is 0.467 e. The maximum atomic E-state index is 11.7. The number of amides is 1. The summed E-state index contributed by atoms with van der Waals surface area (Å²) in [5.74, 6) is 0.769. The van der Waals surface area contributed by atoms with E-state index >= 15 is 0 Å². The molecule has 0 spiro atoms. The second kappa shape index (κ2) is 7.31. The first kappa shape index (κ1) is 14.1. The van der Waals surface area contributed by atoms with Crippen molar-refractivity contribution in [2.75, 3.05) is 19.7 Å². The molecular weight excluding hydrogens is 244 g/mol. The summed E-state index contributed by atoms with van der Waals surface area (Å²) in [5.41, 5.74) is 0. The van der Waals surface area contributed by atoms with Gasteiger partial charge in [-0.3, -0.25) is 4.79 Å². The van der Waals surface area contributed by atoms with Crippen molar-refractivity contribution >= 4 is 5.91 Å². The van der Waals surface area contributed by atoms with Gasteiger partial charge in [-0.2, -0.15) is 0 Å². The molecule has 1 atom stereocenters. The Morgan fingerprint density at radius 3 is 3.05 bits per heavy atom. The molecule has 1 aromatic rings. The van der Waals surface area contributed by atoms with Crippen LogP contribution in [0.1, 0.15) is 38.0 Å². The molecule has 0 aromatic carbocycles. The van der Waals surface area contributed by atoms with Gasteiger partial charge in [0.1, 0.15) is 5.76 Å². The van der Waals surface area contributed by atoms with Crippen LogP contribution in [0.5, 0.6) is 0 Å². The highest BCUT2D eigenvalue weighted by Gasteiger charge is 2.15. The van der Waals surface area contributed by atoms with Gasteiger partial charge in [0.2, 0.25) is 5.91 Å². The molecule has 19 heavy (non-hydrogen) atoms. The molecule has 5 nitrogen and oxygen atoms in total. The van der Waals surface area contributed by atoms with E-state index in [0.29, 0.717) is 19.1 Å². The summed E-state index contributed by atoms with van der Waals surface area (Å²) in [4.78, 5) is 11.7. The first-order chi connectivity index (χ1) is 9.25. The summed E-state index contributed by atoms with van der Waals surface area (Å²) >= 11 is 0. The van der Waals surface area contributed by atoms with Crippen molar-refractivity contribution in [3.05, 3.63) is 24.2 Å². The van der Waals surface area contributed by atoms with Crippen molar-refractivity contribution in [2.45, 2.75) is 38.3 Å². The standard InChI is InChI=1S/C14H22N2O3/c1-11(13-3-2-9-19-13)16-14(17)6-10-18-12-4-7-15-8-5-12/h2-3,9,11-12,15H,4-8,10H2,1H3,(H,16,17)/t11-/m0/s1. The third-order valence-corrected chi connectivity index (χ3v) is 3.32. The maximum absolute atomic E-state index is 11.7. The zero-order valence-electron chi connectivity index (χ0n) is 11.4. The predicted molar refractivity (Wildman–Crippen MR) is 71.7 cm³/mol. The smallest absolute Gasteiger partial charge is 0.222 e. The molecule has 1 fully saturated rings. The number of carbonyl (C=O) groups is 1. The highest BCUT2D eigenvalue weighted by Crippen LogP contribution is 2.12. The van der Waals surface area contributed by atoms with Crippen LogP contribution in [0.15, 0.2) is 22.8 Å². The molecule has 5 heteroatoms. The highest BCUT2D eigenvalue weighted by atomic mass is 16.5. The Bertz CT molecular complexity index is 372. The summed E-state index contributed by atoms with van der Waals surface area (Å²) in [6, 6.07) is 3.58. The number of hydrogen-bond donors (Lipinski definition) is 2. The molecule has 2 N–H and O–H groups in total. The number of hydrogen-bond acceptors (Lipinski definition) is 4. The van der Waals surface area contributed by atoms with E-state index in [0.717, 1.165) is 31.7 Å². The van der Waals surface area contributed by atoms with Crippen LogP contribution in [0.25, 0.3) is 0 Å². The maximum Gasteiger partial charge on any atom is 0.222 e. The van der Waals surface area contributed by atoms with Crippen LogP contribution in [0.2, 0.25) is 0 Å². The quantitative estimate of drug-likeness (QED) is 0.821. The van der Waals surface area contributed by atoms with Crippen molar-refractivity contribution in [1.29, 1.82) is 0 Å². The van der Waals surface area contributed by atoms with Crippen molar-refractivity contribution < 1.29 is 13.9 Å². The Balaban J connectivity index is 1.61. The van der Waals surface area contributed by atoms with Crippen molar-refractivity contribution in [1.82, 2.24) is 10.6 Å². The highest BCUT2D eigenvalue weighted by molar-refractivity contribution is 5.76. The van der Waals surface area contributed by atoms with E-state index in [1.54, 1.807) is 6.26 Å². The van der Waals surface area contributed by atoms with Crippen LogP contribution in [0.3, 0.4) is 0 Å². The van der Waals surface area contributed by atoms with Gasteiger partial charge in [-0.15, -0.1) is 0 Å². The summed E-state index contributed by atoms with van der Waals surface area (Å²) in [6.07, 6.45) is 4.37. The number of nitrogens with one attached hydrogen (secondary N) is 2. The summed E-state index contributed by atoms with van der Waals surface area (Å²) in [7, 11) is 0. The van der Waals surface area contributed by atoms with E-state index in [-0.39, 0.29) is 11.9 Å². The normalized spacial score (nSPS) is 18.2. The van der Waals surface area contributed by atoms with Gasteiger partial charge in [0.25, 0.3) is 0 Å². The van der Waals surface area contributed by atoms with Crippen LogP contribution in [-0.4, -0.2) is 31.7 Å². The molecule has 2 rings (SSSR count). The molecule has 0 bridgehead atoms. The van der Waals surface area contributed by atoms with Gasteiger partial charge in [-0.1, -0.05) is 0 Å². The zero-order chi connectivity index (χ0) is 13.5.